The van der Waals surface area contributed by atoms with Crippen molar-refractivity contribution in [2.75, 3.05) is 18.0 Å². The number of halogens is 1. The van der Waals surface area contributed by atoms with Crippen LogP contribution in [0.5, 0.6) is 0 Å². The second kappa shape index (κ2) is 10.7. The molecule has 1 amide bonds. The normalized spacial score (nSPS) is 15.1. The summed E-state index contributed by atoms with van der Waals surface area (Å²) in [6.45, 7) is 3.67. The maximum Gasteiger partial charge on any atom is 0.244 e. The van der Waals surface area contributed by atoms with Crippen molar-refractivity contribution in [3.05, 3.63) is 101 Å². The molecular formula is C30H32ClN3O. The van der Waals surface area contributed by atoms with E-state index in [0.717, 1.165) is 60.6 Å². The van der Waals surface area contributed by atoms with Crippen LogP contribution in [0.1, 0.15) is 42.4 Å². The lowest BCUT2D eigenvalue weighted by Gasteiger charge is -2.35. The van der Waals surface area contributed by atoms with E-state index in [4.69, 9.17) is 11.6 Å². The number of carbonyl (C=O) groups is 1. The molecule has 35 heavy (non-hydrogen) atoms. The molecule has 0 fully saturated rings. The van der Waals surface area contributed by atoms with Crippen LogP contribution in [0.2, 0.25) is 5.02 Å². The Morgan fingerprint density at radius 2 is 1.89 bits per heavy atom. The number of aromatic nitrogens is 1. The number of aryl methyl sites for hydroxylation is 2. The molecule has 4 nitrogen and oxygen atoms in total. The maximum absolute atomic E-state index is 14.1. The predicted octanol–water partition coefficient (Wildman–Crippen LogP) is 6.50. The van der Waals surface area contributed by atoms with E-state index >= 15 is 0 Å². The molecule has 3 aromatic carbocycles. The summed E-state index contributed by atoms with van der Waals surface area (Å²) in [6.07, 6.45) is 5.92. The van der Waals surface area contributed by atoms with Gasteiger partial charge in [0.15, 0.2) is 0 Å². The molecule has 2 heterocycles. The van der Waals surface area contributed by atoms with E-state index in [0.29, 0.717) is 0 Å². The van der Waals surface area contributed by atoms with E-state index in [1.165, 1.54) is 16.5 Å². The van der Waals surface area contributed by atoms with Crippen LogP contribution in [0.3, 0.4) is 0 Å². The summed E-state index contributed by atoms with van der Waals surface area (Å²) in [5, 5.41) is 5.55. The molecule has 0 bridgehead atoms. The lowest BCUT2D eigenvalue weighted by atomic mass is 9.90. The number of hydrogen-bond donors (Lipinski definition) is 2. The highest BCUT2D eigenvalue weighted by molar-refractivity contribution is 6.30. The summed E-state index contributed by atoms with van der Waals surface area (Å²) in [4.78, 5) is 19.5. The number of carbonyl (C=O) groups excluding carboxylic acids is 1. The van der Waals surface area contributed by atoms with E-state index < -0.39 is 0 Å². The number of para-hydroxylation sites is 1. The first kappa shape index (κ1) is 23.7. The summed E-state index contributed by atoms with van der Waals surface area (Å²) in [6, 6.07) is 24.4. The molecular weight excluding hydrogens is 454 g/mol. The first-order valence-electron chi connectivity index (χ1n) is 12.5. The first-order valence-corrected chi connectivity index (χ1v) is 12.9. The third-order valence-corrected chi connectivity index (χ3v) is 7.39. The lowest BCUT2D eigenvalue weighted by molar-refractivity contribution is -0.121. The average Bonchev–Trinajstić information content (AvgIpc) is 3.32. The molecule has 0 radical (unpaired) electrons. The quantitative estimate of drug-likeness (QED) is 0.280. The van der Waals surface area contributed by atoms with Crippen molar-refractivity contribution in [3.8, 4) is 0 Å². The molecule has 1 aromatic heterocycles. The minimum atomic E-state index is -0.327. The number of rotatable bonds is 8. The molecule has 2 unspecified atom stereocenters. The van der Waals surface area contributed by atoms with E-state index in [1.807, 2.05) is 35.2 Å². The minimum absolute atomic E-state index is 0.00746. The third kappa shape index (κ3) is 5.14. The summed E-state index contributed by atoms with van der Waals surface area (Å²) in [5.41, 5.74) is 5.74. The molecule has 1 aliphatic heterocycles. The van der Waals surface area contributed by atoms with E-state index in [2.05, 4.69) is 65.9 Å². The Morgan fingerprint density at radius 1 is 1.09 bits per heavy atom. The number of hydrogen-bond acceptors (Lipinski definition) is 2. The van der Waals surface area contributed by atoms with Gasteiger partial charge in [-0.15, -0.1) is 0 Å². The number of amides is 1. The van der Waals surface area contributed by atoms with Crippen molar-refractivity contribution >= 4 is 34.1 Å². The van der Waals surface area contributed by atoms with Gasteiger partial charge < -0.3 is 15.2 Å². The maximum atomic E-state index is 14.1. The van der Waals surface area contributed by atoms with Gasteiger partial charge in [0.25, 0.3) is 0 Å². The zero-order valence-electron chi connectivity index (χ0n) is 20.1. The van der Waals surface area contributed by atoms with Crippen LogP contribution in [-0.2, 0) is 17.6 Å². The van der Waals surface area contributed by atoms with Crippen molar-refractivity contribution in [3.63, 3.8) is 0 Å². The molecule has 5 rings (SSSR count). The van der Waals surface area contributed by atoms with Crippen LogP contribution in [0.15, 0.2) is 79.0 Å². The number of benzene rings is 3. The number of H-pyrrole nitrogens is 1. The standard InChI is InChI=1S/C30H32ClN3O/c1-21(26-20-33-27-14-6-5-13-25(26)27)29(32-17-7-11-22-9-3-2-4-10-22)30(35)34-18-8-12-23-19-24(31)15-16-28(23)34/h2-6,9-10,13-16,19-21,29,32-33H,7-8,11-12,17-18H2,1H3. The Labute approximate surface area is 212 Å². The van der Waals surface area contributed by atoms with Crippen LogP contribution >= 0.6 is 11.6 Å². The molecule has 2 atom stereocenters. The molecule has 0 saturated heterocycles. The summed E-state index contributed by atoms with van der Waals surface area (Å²) >= 11 is 6.26. The first-order chi connectivity index (χ1) is 17.1. The van der Waals surface area contributed by atoms with Crippen molar-refractivity contribution in [1.29, 1.82) is 0 Å². The van der Waals surface area contributed by atoms with Crippen LogP contribution in [0, 0.1) is 0 Å². The fraction of sp³-hybridized carbons (Fsp3) is 0.300. The highest BCUT2D eigenvalue weighted by Crippen LogP contribution is 2.33. The fourth-order valence-corrected chi connectivity index (χ4v) is 5.48. The number of nitrogens with one attached hydrogen (secondary N) is 2. The van der Waals surface area contributed by atoms with Gasteiger partial charge in [-0.3, -0.25) is 4.79 Å². The van der Waals surface area contributed by atoms with Crippen LogP contribution in [0.4, 0.5) is 5.69 Å². The zero-order valence-corrected chi connectivity index (χ0v) is 20.9. The van der Waals surface area contributed by atoms with Crippen molar-refractivity contribution in [2.24, 2.45) is 0 Å². The third-order valence-electron chi connectivity index (χ3n) is 7.15. The second-order valence-corrected chi connectivity index (χ2v) is 9.90. The Morgan fingerprint density at radius 3 is 2.74 bits per heavy atom. The van der Waals surface area contributed by atoms with E-state index in [-0.39, 0.29) is 17.9 Å². The van der Waals surface area contributed by atoms with Gasteiger partial charge in [-0.25, -0.2) is 0 Å². The monoisotopic (exact) mass is 485 g/mol. The Bertz CT molecular complexity index is 1300. The topological polar surface area (TPSA) is 48.1 Å². The highest BCUT2D eigenvalue weighted by Gasteiger charge is 2.33. The van der Waals surface area contributed by atoms with E-state index in [1.54, 1.807) is 0 Å². The SMILES string of the molecule is CC(c1c[nH]c2ccccc12)C(NCCCc1ccccc1)C(=O)N1CCCc2cc(Cl)ccc21. The average molecular weight is 486 g/mol. The zero-order chi connectivity index (χ0) is 24.2. The van der Waals surface area contributed by atoms with Crippen molar-refractivity contribution in [1.82, 2.24) is 10.3 Å². The molecule has 4 aromatic rings. The molecule has 1 aliphatic rings. The van der Waals surface area contributed by atoms with Gasteiger partial charge in [0, 0.05) is 40.3 Å². The Kier molecular flexibility index (Phi) is 7.21. The summed E-state index contributed by atoms with van der Waals surface area (Å²) in [5.74, 6) is 0.138. The molecule has 0 aliphatic carbocycles. The van der Waals surface area contributed by atoms with Gasteiger partial charge in [-0.05, 0) is 73.2 Å². The van der Waals surface area contributed by atoms with E-state index in [9.17, 15) is 4.79 Å². The Hall–Kier alpha value is -3.08. The minimum Gasteiger partial charge on any atom is -0.361 e. The number of nitrogens with zero attached hydrogens (tertiary/aromatic N) is 1. The van der Waals surface area contributed by atoms with Crippen molar-refractivity contribution < 1.29 is 4.79 Å². The van der Waals surface area contributed by atoms with Crippen LogP contribution < -0.4 is 10.2 Å². The molecule has 180 valence electrons. The van der Waals surface area contributed by atoms with Crippen LogP contribution in [-0.4, -0.2) is 30.0 Å². The number of anilines is 1. The van der Waals surface area contributed by atoms with Gasteiger partial charge in [0.1, 0.15) is 0 Å². The molecule has 0 spiro atoms. The van der Waals surface area contributed by atoms with Crippen molar-refractivity contribution in [2.45, 2.75) is 44.6 Å². The molecule has 2 N–H and O–H groups in total. The number of aromatic amines is 1. The number of fused-ring (bicyclic) bond motifs is 2. The second-order valence-electron chi connectivity index (χ2n) is 9.47. The highest BCUT2D eigenvalue weighted by atomic mass is 35.5. The smallest absolute Gasteiger partial charge is 0.244 e. The van der Waals surface area contributed by atoms with Gasteiger partial charge in [-0.1, -0.05) is 67.1 Å². The summed E-state index contributed by atoms with van der Waals surface area (Å²) < 4.78 is 0. The van der Waals surface area contributed by atoms with Gasteiger partial charge in [-0.2, -0.15) is 0 Å². The van der Waals surface area contributed by atoms with Crippen LogP contribution in [0.25, 0.3) is 10.9 Å². The lowest BCUT2D eigenvalue weighted by Crippen LogP contribution is -2.51. The fourth-order valence-electron chi connectivity index (χ4n) is 5.29. The molecule has 0 saturated carbocycles. The Balaban J connectivity index is 1.40. The van der Waals surface area contributed by atoms with Gasteiger partial charge in [0.2, 0.25) is 5.91 Å². The largest absolute Gasteiger partial charge is 0.361 e. The summed E-state index contributed by atoms with van der Waals surface area (Å²) in [7, 11) is 0. The molecule has 5 heteroatoms. The predicted molar refractivity (Wildman–Crippen MR) is 145 cm³/mol. The van der Waals surface area contributed by atoms with Gasteiger partial charge >= 0.3 is 0 Å². The van der Waals surface area contributed by atoms with Gasteiger partial charge in [0.05, 0.1) is 6.04 Å².